The van der Waals surface area contributed by atoms with Crippen molar-refractivity contribution >= 4 is 34.4 Å². The maximum atomic E-state index is 12.7. The normalized spacial score (nSPS) is 18.4. The van der Waals surface area contributed by atoms with Gasteiger partial charge in [-0.1, -0.05) is 0 Å². The number of carbonyl (C=O) groups is 2. The van der Waals surface area contributed by atoms with E-state index >= 15 is 0 Å². The van der Waals surface area contributed by atoms with E-state index in [2.05, 4.69) is 4.98 Å². The first kappa shape index (κ1) is 15.4. The third kappa shape index (κ3) is 3.28. The van der Waals surface area contributed by atoms with Crippen LogP contribution >= 0.6 is 22.7 Å². The fourth-order valence-corrected chi connectivity index (χ4v) is 4.42. The van der Waals surface area contributed by atoms with Crippen LogP contribution in [0.3, 0.4) is 0 Å². The van der Waals surface area contributed by atoms with Crippen LogP contribution in [0.4, 0.5) is 0 Å². The molecule has 1 saturated heterocycles. The van der Waals surface area contributed by atoms with Crippen molar-refractivity contribution in [3.63, 3.8) is 0 Å². The maximum absolute atomic E-state index is 12.7. The Morgan fingerprint density at radius 2 is 2.23 bits per heavy atom. The number of carbonyl (C=O) groups excluding carboxylic acids is 2. The Kier molecular flexibility index (Phi) is 4.69. The van der Waals surface area contributed by atoms with Crippen molar-refractivity contribution in [2.24, 2.45) is 0 Å². The number of likely N-dealkylation sites (tertiary alicyclic amines) is 1. The predicted octanol–water partition coefficient (Wildman–Crippen LogP) is 3.70. The highest BCUT2D eigenvalue weighted by molar-refractivity contribution is 7.12. The van der Waals surface area contributed by atoms with Gasteiger partial charge in [0, 0.05) is 18.1 Å². The lowest BCUT2D eigenvalue weighted by Gasteiger charge is -2.34. The monoisotopic (exact) mass is 334 g/mol. The van der Waals surface area contributed by atoms with Crippen LogP contribution in [0.5, 0.6) is 0 Å². The van der Waals surface area contributed by atoms with Crippen LogP contribution in [0.1, 0.15) is 52.5 Å². The van der Waals surface area contributed by atoms with Crippen molar-refractivity contribution in [1.82, 2.24) is 9.88 Å². The molecule has 0 saturated carbocycles. The molecule has 0 aliphatic carbocycles. The lowest BCUT2D eigenvalue weighted by Crippen LogP contribution is -2.39. The first-order chi connectivity index (χ1) is 10.6. The van der Waals surface area contributed by atoms with Crippen molar-refractivity contribution in [3.05, 3.63) is 38.5 Å². The Balaban J connectivity index is 1.73. The minimum Gasteiger partial charge on any atom is -0.333 e. The zero-order valence-electron chi connectivity index (χ0n) is 12.4. The van der Waals surface area contributed by atoms with Crippen LogP contribution < -0.4 is 0 Å². The Morgan fingerprint density at radius 1 is 1.36 bits per heavy atom. The summed E-state index contributed by atoms with van der Waals surface area (Å²) >= 11 is 3.03. The van der Waals surface area contributed by atoms with Gasteiger partial charge in [-0.3, -0.25) is 9.59 Å². The molecule has 2 aromatic heterocycles. The molecule has 0 bridgehead atoms. The van der Waals surface area contributed by atoms with E-state index in [0.717, 1.165) is 41.3 Å². The molecule has 1 aliphatic rings. The van der Waals surface area contributed by atoms with Crippen molar-refractivity contribution in [2.45, 2.75) is 38.6 Å². The first-order valence-corrected chi connectivity index (χ1v) is 9.18. The molecule has 1 aliphatic heterocycles. The number of piperidine rings is 1. The molecule has 1 fully saturated rings. The molecule has 3 heterocycles. The summed E-state index contributed by atoms with van der Waals surface area (Å²) in [6.07, 6.45) is 5.35. The molecule has 3 rings (SSSR count). The van der Waals surface area contributed by atoms with Crippen LogP contribution in [0.25, 0.3) is 0 Å². The minimum atomic E-state index is 0.0577. The fraction of sp³-hybridized carbons (Fsp3) is 0.438. The van der Waals surface area contributed by atoms with Gasteiger partial charge in [0.1, 0.15) is 5.01 Å². The van der Waals surface area contributed by atoms with E-state index in [9.17, 15) is 9.59 Å². The van der Waals surface area contributed by atoms with Crippen molar-refractivity contribution in [1.29, 1.82) is 0 Å². The number of aromatic nitrogens is 1. The maximum Gasteiger partial charge on any atom is 0.227 e. The SMILES string of the molecule is CC(=O)c1cc(CC(=O)N2CCCCC2c2nccs2)cs1. The summed E-state index contributed by atoms with van der Waals surface area (Å²) in [7, 11) is 0. The molecule has 4 nitrogen and oxygen atoms in total. The van der Waals surface area contributed by atoms with Gasteiger partial charge in [-0.25, -0.2) is 4.98 Å². The molecule has 0 radical (unpaired) electrons. The molecule has 1 atom stereocenters. The molecule has 1 amide bonds. The molecule has 2 aromatic rings. The third-order valence-electron chi connectivity index (χ3n) is 3.92. The van der Waals surface area contributed by atoms with Gasteiger partial charge < -0.3 is 4.90 Å². The highest BCUT2D eigenvalue weighted by atomic mass is 32.1. The fourth-order valence-electron chi connectivity index (χ4n) is 2.81. The van der Waals surface area contributed by atoms with Crippen molar-refractivity contribution in [2.75, 3.05) is 6.54 Å². The van der Waals surface area contributed by atoms with Crippen molar-refractivity contribution in [3.8, 4) is 0 Å². The van der Waals surface area contributed by atoms with E-state index in [-0.39, 0.29) is 17.7 Å². The first-order valence-electron chi connectivity index (χ1n) is 7.42. The predicted molar refractivity (Wildman–Crippen MR) is 88.4 cm³/mol. The van der Waals surface area contributed by atoms with Crippen LogP contribution in [0.15, 0.2) is 23.0 Å². The summed E-state index contributed by atoms with van der Waals surface area (Å²) in [6.45, 7) is 2.35. The summed E-state index contributed by atoms with van der Waals surface area (Å²) in [5.41, 5.74) is 0.934. The van der Waals surface area contributed by atoms with Gasteiger partial charge in [0.25, 0.3) is 0 Å². The number of rotatable bonds is 4. The number of thiophene rings is 1. The van der Waals surface area contributed by atoms with Crippen LogP contribution in [0, 0.1) is 0 Å². The Labute approximate surface area is 137 Å². The number of nitrogens with zero attached hydrogens (tertiary/aromatic N) is 2. The number of ketones is 1. The lowest BCUT2D eigenvalue weighted by atomic mass is 10.0. The average molecular weight is 334 g/mol. The second-order valence-electron chi connectivity index (χ2n) is 5.52. The standard InChI is InChI=1S/C16H18N2O2S2/c1-11(19)14-8-12(10-22-14)9-15(20)18-6-3-2-4-13(18)16-17-5-7-21-16/h5,7-8,10,13H,2-4,6,9H2,1H3. The molecule has 0 N–H and O–H groups in total. The largest absolute Gasteiger partial charge is 0.333 e. The summed E-state index contributed by atoms with van der Waals surface area (Å²) < 4.78 is 0. The topological polar surface area (TPSA) is 50.3 Å². The quantitative estimate of drug-likeness (QED) is 0.801. The van der Waals surface area contributed by atoms with Gasteiger partial charge in [0.15, 0.2) is 5.78 Å². The molecule has 116 valence electrons. The highest BCUT2D eigenvalue weighted by Crippen LogP contribution is 2.32. The molecule has 1 unspecified atom stereocenters. The molecule has 0 spiro atoms. The Bertz CT molecular complexity index is 664. The van der Waals surface area contributed by atoms with E-state index in [0.29, 0.717) is 6.42 Å². The van der Waals surface area contributed by atoms with E-state index in [1.807, 2.05) is 21.7 Å². The van der Waals surface area contributed by atoms with Gasteiger partial charge >= 0.3 is 0 Å². The van der Waals surface area contributed by atoms with E-state index < -0.39 is 0 Å². The zero-order valence-corrected chi connectivity index (χ0v) is 14.1. The van der Waals surface area contributed by atoms with Crippen LogP contribution in [0.2, 0.25) is 0 Å². The van der Waals surface area contributed by atoms with Gasteiger partial charge in [-0.2, -0.15) is 0 Å². The Morgan fingerprint density at radius 3 is 2.91 bits per heavy atom. The number of Topliss-reactive ketones (excluding diaryl/α,β-unsaturated/α-hetero) is 1. The smallest absolute Gasteiger partial charge is 0.227 e. The Hall–Kier alpha value is -1.53. The number of thiazole rings is 1. The van der Waals surface area contributed by atoms with E-state index in [1.54, 1.807) is 24.5 Å². The van der Waals surface area contributed by atoms with Crippen LogP contribution in [-0.4, -0.2) is 28.1 Å². The average Bonchev–Trinajstić information content (AvgIpc) is 3.18. The number of hydrogen-bond donors (Lipinski definition) is 0. The van der Waals surface area contributed by atoms with E-state index in [4.69, 9.17) is 0 Å². The zero-order chi connectivity index (χ0) is 15.5. The molecule has 0 aromatic carbocycles. The van der Waals surface area contributed by atoms with Gasteiger partial charge in [0.05, 0.1) is 17.3 Å². The van der Waals surface area contributed by atoms with E-state index in [1.165, 1.54) is 11.3 Å². The number of amides is 1. The summed E-state index contributed by atoms with van der Waals surface area (Å²) in [5, 5.41) is 4.91. The summed E-state index contributed by atoms with van der Waals surface area (Å²) in [5.74, 6) is 0.190. The molecular weight excluding hydrogens is 316 g/mol. The summed E-state index contributed by atoms with van der Waals surface area (Å²) in [6, 6.07) is 1.96. The second kappa shape index (κ2) is 6.71. The lowest BCUT2D eigenvalue weighted by molar-refractivity contribution is -0.134. The van der Waals surface area contributed by atoms with Gasteiger partial charge in [-0.05, 0) is 43.2 Å². The molecule has 6 heteroatoms. The van der Waals surface area contributed by atoms with Crippen LogP contribution in [-0.2, 0) is 11.2 Å². The molecular formula is C16H18N2O2S2. The van der Waals surface area contributed by atoms with Gasteiger partial charge in [0.2, 0.25) is 5.91 Å². The van der Waals surface area contributed by atoms with Gasteiger partial charge in [-0.15, -0.1) is 22.7 Å². The summed E-state index contributed by atoms with van der Waals surface area (Å²) in [4.78, 5) is 31.1. The number of hydrogen-bond acceptors (Lipinski definition) is 5. The van der Waals surface area contributed by atoms with Crippen molar-refractivity contribution < 1.29 is 9.59 Å². The third-order valence-corrected chi connectivity index (χ3v) is 5.87. The highest BCUT2D eigenvalue weighted by Gasteiger charge is 2.29. The molecule has 22 heavy (non-hydrogen) atoms. The second-order valence-corrected chi connectivity index (χ2v) is 7.36. The minimum absolute atomic E-state index is 0.0577.